The number of halogens is 1. The molecule has 0 aliphatic carbocycles. The number of rotatable bonds is 4. The Morgan fingerprint density at radius 1 is 1.41 bits per heavy atom. The van der Waals surface area contributed by atoms with Crippen LogP contribution in [0.3, 0.4) is 0 Å². The van der Waals surface area contributed by atoms with Gasteiger partial charge in [0.25, 0.3) is 0 Å². The van der Waals surface area contributed by atoms with Gasteiger partial charge in [-0.25, -0.2) is 4.98 Å². The van der Waals surface area contributed by atoms with Gasteiger partial charge in [0.2, 0.25) is 0 Å². The molecule has 1 aromatic carbocycles. The first-order valence-corrected chi connectivity index (χ1v) is 6.92. The van der Waals surface area contributed by atoms with E-state index in [2.05, 4.69) is 27.0 Å². The van der Waals surface area contributed by atoms with Crippen LogP contribution in [0.4, 0.5) is 0 Å². The van der Waals surface area contributed by atoms with Crippen molar-refractivity contribution in [2.24, 2.45) is 0 Å². The van der Waals surface area contributed by atoms with Crippen molar-refractivity contribution in [3.8, 4) is 0 Å². The Morgan fingerprint density at radius 3 is 2.88 bits per heavy atom. The molecule has 1 aromatic heterocycles. The van der Waals surface area contributed by atoms with Gasteiger partial charge < -0.3 is 0 Å². The zero-order chi connectivity index (χ0) is 12.3. The normalized spacial score (nSPS) is 10.5. The highest BCUT2D eigenvalue weighted by molar-refractivity contribution is 9.10. The van der Waals surface area contributed by atoms with Gasteiger partial charge in [-0.3, -0.25) is 4.79 Å². The van der Waals surface area contributed by atoms with Crippen molar-refractivity contribution < 1.29 is 4.79 Å². The van der Waals surface area contributed by atoms with E-state index in [-0.39, 0.29) is 5.78 Å². The minimum atomic E-state index is 0.182. The Labute approximate surface area is 113 Å². The molecule has 0 radical (unpaired) electrons. The molecule has 0 unspecified atom stereocenters. The van der Waals surface area contributed by atoms with Crippen LogP contribution >= 0.6 is 27.3 Å². The third-order valence-electron chi connectivity index (χ3n) is 2.32. The van der Waals surface area contributed by atoms with Gasteiger partial charge >= 0.3 is 0 Å². The molecular weight excluding hydrogens is 298 g/mol. The number of hydrogen-bond acceptors (Lipinski definition) is 3. The highest BCUT2D eigenvalue weighted by atomic mass is 79.9. The Hall–Kier alpha value is -1.000. The minimum Gasteiger partial charge on any atom is -0.300 e. The van der Waals surface area contributed by atoms with Crippen molar-refractivity contribution in [3.63, 3.8) is 0 Å². The summed E-state index contributed by atoms with van der Waals surface area (Å²) >= 11 is 5.14. The van der Waals surface area contributed by atoms with E-state index in [4.69, 9.17) is 0 Å². The second kappa shape index (κ2) is 5.56. The van der Waals surface area contributed by atoms with Gasteiger partial charge in [-0.2, -0.15) is 0 Å². The number of carbonyl (C=O) groups is 1. The lowest BCUT2D eigenvalue weighted by atomic mass is 10.2. The summed E-state index contributed by atoms with van der Waals surface area (Å²) in [6.45, 7) is 1.60. The second-order valence-electron chi connectivity index (χ2n) is 3.87. The number of aromatic nitrogens is 1. The summed E-state index contributed by atoms with van der Waals surface area (Å²) in [5.41, 5.74) is 1.22. The summed E-state index contributed by atoms with van der Waals surface area (Å²) in [7, 11) is 0. The van der Waals surface area contributed by atoms with Crippen molar-refractivity contribution in [2.75, 3.05) is 0 Å². The molecule has 2 rings (SSSR count). The monoisotopic (exact) mass is 309 g/mol. The molecule has 0 atom stereocenters. The minimum absolute atomic E-state index is 0.182. The molecule has 2 aromatic rings. The Kier molecular flexibility index (Phi) is 4.07. The molecule has 0 amide bonds. The van der Waals surface area contributed by atoms with E-state index >= 15 is 0 Å². The molecule has 0 aliphatic heterocycles. The van der Waals surface area contributed by atoms with E-state index < -0.39 is 0 Å². The van der Waals surface area contributed by atoms with Gasteiger partial charge in [-0.05, 0) is 18.6 Å². The van der Waals surface area contributed by atoms with Crippen LogP contribution in [0.2, 0.25) is 0 Å². The lowest BCUT2D eigenvalue weighted by Crippen LogP contribution is -1.92. The van der Waals surface area contributed by atoms with E-state index in [1.165, 1.54) is 5.56 Å². The molecule has 2 nitrogen and oxygen atoms in total. The number of hydrogen-bond donors (Lipinski definition) is 0. The number of ketones is 1. The summed E-state index contributed by atoms with van der Waals surface area (Å²) < 4.78 is 1.10. The number of benzene rings is 1. The first-order valence-electron chi connectivity index (χ1n) is 5.31. The molecular formula is C13H12BrNOS. The molecule has 4 heteroatoms. The zero-order valence-electron chi connectivity index (χ0n) is 9.44. The third-order valence-corrected chi connectivity index (χ3v) is 4.10. The molecule has 17 heavy (non-hydrogen) atoms. The van der Waals surface area contributed by atoms with Crippen LogP contribution in [0.15, 0.2) is 34.9 Å². The molecule has 0 bridgehead atoms. The van der Waals surface area contributed by atoms with Gasteiger partial charge in [0.15, 0.2) is 0 Å². The molecule has 0 fully saturated rings. The molecule has 1 heterocycles. The topological polar surface area (TPSA) is 30.0 Å². The number of carbonyl (C=O) groups excluding carboxylic acids is 1. The van der Waals surface area contributed by atoms with Gasteiger partial charge in [-0.1, -0.05) is 34.1 Å². The summed E-state index contributed by atoms with van der Waals surface area (Å²) in [5.74, 6) is 0.182. The van der Waals surface area contributed by atoms with Crippen LogP contribution in [0.25, 0.3) is 0 Å². The van der Waals surface area contributed by atoms with Crippen LogP contribution in [-0.4, -0.2) is 10.8 Å². The molecule has 0 saturated heterocycles. The first kappa shape index (κ1) is 12.5. The quantitative estimate of drug-likeness (QED) is 0.863. The summed E-state index contributed by atoms with van der Waals surface area (Å²) in [6.07, 6.45) is 3.11. The van der Waals surface area contributed by atoms with E-state index in [0.29, 0.717) is 6.42 Å². The fraction of sp³-hybridized carbons (Fsp3) is 0.231. The van der Waals surface area contributed by atoms with Crippen molar-refractivity contribution in [1.29, 1.82) is 0 Å². The Morgan fingerprint density at radius 2 is 2.18 bits per heavy atom. The lowest BCUT2D eigenvalue weighted by Gasteiger charge is -2.00. The van der Waals surface area contributed by atoms with Gasteiger partial charge in [0, 0.05) is 28.4 Å². The van der Waals surface area contributed by atoms with Crippen molar-refractivity contribution in [3.05, 3.63) is 50.4 Å². The van der Waals surface area contributed by atoms with E-state index in [1.54, 1.807) is 24.5 Å². The predicted molar refractivity (Wildman–Crippen MR) is 73.4 cm³/mol. The van der Waals surface area contributed by atoms with Crippen LogP contribution in [-0.2, 0) is 17.6 Å². The maximum Gasteiger partial charge on any atom is 0.135 e. The molecule has 88 valence electrons. The van der Waals surface area contributed by atoms with Crippen LogP contribution < -0.4 is 0 Å². The van der Waals surface area contributed by atoms with Crippen LogP contribution in [0.1, 0.15) is 22.4 Å². The number of Topliss-reactive ketones (excluding diaryl/α,β-unsaturated/α-hetero) is 1. The summed E-state index contributed by atoms with van der Waals surface area (Å²) in [4.78, 5) is 16.4. The van der Waals surface area contributed by atoms with Crippen LogP contribution in [0, 0.1) is 0 Å². The highest BCUT2D eigenvalue weighted by Gasteiger charge is 2.06. The van der Waals surface area contributed by atoms with Crippen molar-refractivity contribution in [1.82, 2.24) is 4.98 Å². The van der Waals surface area contributed by atoms with E-state index in [1.807, 2.05) is 18.2 Å². The number of nitrogens with zero attached hydrogens (tertiary/aromatic N) is 1. The van der Waals surface area contributed by atoms with Crippen molar-refractivity contribution >= 4 is 33.0 Å². The Balaban J connectivity index is 2.12. The molecule has 0 aliphatic rings. The van der Waals surface area contributed by atoms with E-state index in [9.17, 15) is 4.79 Å². The molecule has 0 N–H and O–H groups in total. The van der Waals surface area contributed by atoms with Crippen molar-refractivity contribution in [2.45, 2.75) is 19.8 Å². The highest BCUT2D eigenvalue weighted by Crippen LogP contribution is 2.22. The Bertz CT molecular complexity index is 536. The average Bonchev–Trinajstić information content (AvgIpc) is 2.68. The maximum absolute atomic E-state index is 11.0. The van der Waals surface area contributed by atoms with Gasteiger partial charge in [0.1, 0.15) is 5.78 Å². The van der Waals surface area contributed by atoms with Gasteiger partial charge in [-0.15, -0.1) is 11.3 Å². The standard InChI is InChI=1S/C13H12BrNOS/c1-9(16)6-11-8-15-13(17-11)7-10-4-2-3-5-12(10)14/h2-5,8H,6-7H2,1H3. The lowest BCUT2D eigenvalue weighted by molar-refractivity contribution is -0.116. The molecule has 0 saturated carbocycles. The summed E-state index contributed by atoms with van der Waals surface area (Å²) in [5, 5.41) is 1.05. The predicted octanol–water partition coefficient (Wildman–Crippen LogP) is 3.63. The fourth-order valence-electron chi connectivity index (χ4n) is 1.56. The largest absolute Gasteiger partial charge is 0.300 e. The SMILES string of the molecule is CC(=O)Cc1cnc(Cc2ccccc2Br)s1. The first-order chi connectivity index (χ1) is 8.15. The van der Waals surface area contributed by atoms with Crippen LogP contribution in [0.5, 0.6) is 0 Å². The van der Waals surface area contributed by atoms with E-state index in [0.717, 1.165) is 20.8 Å². The maximum atomic E-state index is 11.0. The summed E-state index contributed by atoms with van der Waals surface area (Å²) in [6, 6.07) is 8.12. The number of thiazole rings is 1. The fourth-order valence-corrected chi connectivity index (χ4v) is 3.00. The van der Waals surface area contributed by atoms with Gasteiger partial charge in [0.05, 0.1) is 5.01 Å². The second-order valence-corrected chi connectivity index (χ2v) is 5.92. The zero-order valence-corrected chi connectivity index (χ0v) is 11.8. The smallest absolute Gasteiger partial charge is 0.135 e. The average molecular weight is 310 g/mol. The third kappa shape index (κ3) is 3.48. The molecule has 0 spiro atoms.